The lowest BCUT2D eigenvalue weighted by molar-refractivity contribution is -0.646. The minimum atomic E-state index is -3.67. The standard InChI is InChI=1S/C15H15FN2O4S/c1-2-9-23(21,22)14-8-3-11(10-18(14)20)15(19)17-13-6-4-12(16)5-7-13/h3-8,10H,2,9H2,1H3,(H,17,19). The molecule has 0 saturated heterocycles. The van der Waals surface area contributed by atoms with Crippen LogP contribution in [0.5, 0.6) is 0 Å². The van der Waals surface area contributed by atoms with Gasteiger partial charge in [0.1, 0.15) is 11.4 Å². The van der Waals surface area contributed by atoms with Crippen molar-refractivity contribution in [2.45, 2.75) is 18.4 Å². The van der Waals surface area contributed by atoms with Gasteiger partial charge in [-0.1, -0.05) is 6.92 Å². The van der Waals surface area contributed by atoms with Gasteiger partial charge in [0, 0.05) is 11.8 Å². The number of anilines is 1. The lowest BCUT2D eigenvalue weighted by atomic mass is 10.2. The fraction of sp³-hybridized carbons (Fsp3) is 0.200. The average Bonchev–Trinajstić information content (AvgIpc) is 2.49. The monoisotopic (exact) mass is 338 g/mol. The van der Waals surface area contributed by atoms with E-state index in [1.807, 2.05) is 0 Å². The molecule has 122 valence electrons. The van der Waals surface area contributed by atoms with Crippen molar-refractivity contribution >= 4 is 21.4 Å². The topological polar surface area (TPSA) is 90.2 Å². The Morgan fingerprint density at radius 2 is 1.87 bits per heavy atom. The van der Waals surface area contributed by atoms with E-state index in [0.29, 0.717) is 12.1 Å². The fourth-order valence-electron chi connectivity index (χ4n) is 1.95. The normalized spacial score (nSPS) is 11.2. The third-order valence-electron chi connectivity index (χ3n) is 3.03. The van der Waals surface area contributed by atoms with Crippen molar-refractivity contribution in [3.63, 3.8) is 0 Å². The lowest BCUT2D eigenvalue weighted by Gasteiger charge is -2.08. The third kappa shape index (κ3) is 4.04. The number of halogens is 1. The van der Waals surface area contributed by atoms with Crippen molar-refractivity contribution in [3.05, 3.63) is 59.2 Å². The number of carbonyl (C=O) groups is 1. The van der Waals surface area contributed by atoms with E-state index in [1.54, 1.807) is 6.92 Å². The molecule has 0 aliphatic rings. The minimum absolute atomic E-state index is 0.000210. The molecule has 1 N–H and O–H groups in total. The molecule has 0 bridgehead atoms. The smallest absolute Gasteiger partial charge is 0.308 e. The maximum atomic E-state index is 12.8. The van der Waals surface area contributed by atoms with E-state index in [9.17, 15) is 22.8 Å². The molecule has 1 aromatic carbocycles. The molecule has 0 radical (unpaired) electrons. The highest BCUT2D eigenvalue weighted by Crippen LogP contribution is 2.12. The molecular formula is C15H15FN2O4S. The van der Waals surface area contributed by atoms with Crippen LogP contribution in [-0.2, 0) is 9.84 Å². The molecular weight excluding hydrogens is 323 g/mol. The summed E-state index contributed by atoms with van der Waals surface area (Å²) in [6, 6.07) is 7.48. The summed E-state index contributed by atoms with van der Waals surface area (Å²) >= 11 is 0. The first-order chi connectivity index (χ1) is 10.8. The number of benzene rings is 1. The first-order valence-electron chi connectivity index (χ1n) is 6.86. The summed E-state index contributed by atoms with van der Waals surface area (Å²) in [6.45, 7) is 1.69. The summed E-state index contributed by atoms with van der Waals surface area (Å²) in [6.07, 6.45) is 1.29. The van der Waals surface area contributed by atoms with E-state index >= 15 is 0 Å². The van der Waals surface area contributed by atoms with Crippen molar-refractivity contribution in [2.75, 3.05) is 11.1 Å². The van der Waals surface area contributed by atoms with Crippen LogP contribution >= 0.6 is 0 Å². The van der Waals surface area contributed by atoms with Crippen LogP contribution in [-0.4, -0.2) is 20.1 Å². The molecule has 23 heavy (non-hydrogen) atoms. The van der Waals surface area contributed by atoms with Gasteiger partial charge in [0.05, 0.1) is 5.75 Å². The first kappa shape index (κ1) is 16.9. The van der Waals surface area contributed by atoms with Crippen LogP contribution in [0.15, 0.2) is 47.6 Å². The van der Waals surface area contributed by atoms with Gasteiger partial charge >= 0.3 is 5.03 Å². The second-order valence-corrected chi connectivity index (χ2v) is 6.92. The van der Waals surface area contributed by atoms with Crippen molar-refractivity contribution in [3.8, 4) is 0 Å². The van der Waals surface area contributed by atoms with E-state index in [2.05, 4.69) is 5.32 Å². The molecule has 0 atom stereocenters. The third-order valence-corrected chi connectivity index (χ3v) is 4.93. The Balaban J connectivity index is 2.23. The summed E-state index contributed by atoms with van der Waals surface area (Å²) in [5, 5.41) is 14.0. The van der Waals surface area contributed by atoms with Crippen LogP contribution in [0.2, 0.25) is 0 Å². The lowest BCUT2D eigenvalue weighted by Crippen LogP contribution is -2.36. The van der Waals surface area contributed by atoms with Gasteiger partial charge in [-0.2, -0.15) is 4.73 Å². The highest BCUT2D eigenvalue weighted by molar-refractivity contribution is 7.91. The highest BCUT2D eigenvalue weighted by Gasteiger charge is 2.24. The molecule has 2 aromatic rings. The molecule has 0 fully saturated rings. The molecule has 0 spiro atoms. The molecule has 1 aromatic heterocycles. The first-order valence-corrected chi connectivity index (χ1v) is 8.51. The van der Waals surface area contributed by atoms with Gasteiger partial charge in [0.2, 0.25) is 9.84 Å². The molecule has 1 heterocycles. The predicted octanol–water partition coefficient (Wildman–Crippen LogP) is 1.90. The van der Waals surface area contributed by atoms with Gasteiger partial charge in [-0.15, -0.1) is 0 Å². The quantitative estimate of drug-likeness (QED) is 0.666. The second-order valence-electron chi connectivity index (χ2n) is 4.86. The number of hydrogen-bond acceptors (Lipinski definition) is 4. The van der Waals surface area contributed by atoms with Gasteiger partial charge in [0.15, 0.2) is 6.20 Å². The van der Waals surface area contributed by atoms with E-state index in [0.717, 1.165) is 12.3 Å². The van der Waals surface area contributed by atoms with E-state index in [-0.39, 0.29) is 16.0 Å². The molecule has 8 heteroatoms. The van der Waals surface area contributed by atoms with E-state index < -0.39 is 26.6 Å². The van der Waals surface area contributed by atoms with Crippen LogP contribution in [0.25, 0.3) is 0 Å². The number of sulfone groups is 1. The van der Waals surface area contributed by atoms with Crippen LogP contribution in [0, 0.1) is 11.0 Å². The maximum Gasteiger partial charge on any atom is 0.308 e. The number of hydrogen-bond donors (Lipinski definition) is 1. The summed E-state index contributed by atoms with van der Waals surface area (Å²) in [5.41, 5.74) is 0.358. The Bertz CT molecular complexity index is 820. The van der Waals surface area contributed by atoms with E-state index in [1.165, 1.54) is 30.3 Å². The van der Waals surface area contributed by atoms with Crippen LogP contribution in [0.4, 0.5) is 10.1 Å². The molecule has 0 unspecified atom stereocenters. The Kier molecular flexibility index (Phi) is 4.95. The molecule has 1 amide bonds. The van der Waals surface area contributed by atoms with Gasteiger partial charge in [-0.3, -0.25) is 4.79 Å². The van der Waals surface area contributed by atoms with Crippen molar-refractivity contribution in [1.29, 1.82) is 0 Å². The SMILES string of the molecule is CCCS(=O)(=O)c1ccc(C(=O)Nc2ccc(F)cc2)c[n+]1[O-]. The number of rotatable bonds is 5. The predicted molar refractivity (Wildman–Crippen MR) is 82.1 cm³/mol. The Hall–Kier alpha value is -2.48. The molecule has 2 rings (SSSR count). The van der Waals surface area contributed by atoms with Gasteiger partial charge in [-0.05, 0) is 36.8 Å². The number of amides is 1. The summed E-state index contributed by atoms with van der Waals surface area (Å²) < 4.78 is 36.8. The largest absolute Gasteiger partial charge is 0.618 e. The molecule has 0 aliphatic carbocycles. The van der Waals surface area contributed by atoms with Gasteiger partial charge < -0.3 is 10.5 Å². The van der Waals surface area contributed by atoms with Crippen molar-refractivity contribution in [2.24, 2.45) is 0 Å². The Morgan fingerprint density at radius 3 is 2.43 bits per heavy atom. The van der Waals surface area contributed by atoms with Crippen LogP contribution in [0.1, 0.15) is 23.7 Å². The molecule has 0 aliphatic heterocycles. The fourth-order valence-corrected chi connectivity index (χ4v) is 3.30. The summed E-state index contributed by atoms with van der Waals surface area (Å²) in [7, 11) is -3.67. The number of nitrogens with zero attached hydrogens (tertiary/aromatic N) is 1. The van der Waals surface area contributed by atoms with Gasteiger partial charge in [0.25, 0.3) is 5.91 Å². The van der Waals surface area contributed by atoms with Crippen LogP contribution < -0.4 is 10.0 Å². The Morgan fingerprint density at radius 1 is 1.22 bits per heavy atom. The number of carbonyl (C=O) groups excluding carboxylic acids is 1. The summed E-state index contributed by atoms with van der Waals surface area (Å²) in [4.78, 5) is 12.0. The van der Waals surface area contributed by atoms with Gasteiger partial charge in [-0.25, -0.2) is 12.8 Å². The molecule has 0 saturated carbocycles. The average molecular weight is 338 g/mol. The Labute approximate surface area is 133 Å². The minimum Gasteiger partial charge on any atom is -0.618 e. The zero-order valence-corrected chi connectivity index (χ0v) is 13.1. The van der Waals surface area contributed by atoms with E-state index in [4.69, 9.17) is 0 Å². The maximum absolute atomic E-state index is 12.8. The molecule has 6 nitrogen and oxygen atoms in total. The van der Waals surface area contributed by atoms with Crippen LogP contribution in [0.3, 0.4) is 0 Å². The number of pyridine rings is 1. The van der Waals surface area contributed by atoms with Crippen molar-refractivity contribution < 1.29 is 22.3 Å². The number of nitrogens with one attached hydrogen (secondary N) is 1. The highest BCUT2D eigenvalue weighted by atomic mass is 32.2. The number of aromatic nitrogens is 1. The van der Waals surface area contributed by atoms with Crippen molar-refractivity contribution in [1.82, 2.24) is 0 Å². The zero-order valence-electron chi connectivity index (χ0n) is 12.3. The second kappa shape index (κ2) is 6.74. The zero-order chi connectivity index (χ0) is 17.0. The summed E-state index contributed by atoms with van der Waals surface area (Å²) in [5.74, 6) is -1.18.